The predicted octanol–water partition coefficient (Wildman–Crippen LogP) is 2.61. The summed E-state index contributed by atoms with van der Waals surface area (Å²) >= 11 is 1.68. The van der Waals surface area contributed by atoms with Crippen molar-refractivity contribution in [3.63, 3.8) is 0 Å². The molecule has 0 spiro atoms. The van der Waals surface area contributed by atoms with E-state index in [0.717, 1.165) is 23.6 Å². The van der Waals surface area contributed by atoms with Gasteiger partial charge < -0.3 is 5.32 Å². The number of rotatable bonds is 6. The van der Waals surface area contributed by atoms with Crippen LogP contribution in [0.2, 0.25) is 0 Å². The molecule has 1 amide bonds. The van der Waals surface area contributed by atoms with E-state index in [9.17, 15) is 19.3 Å². The fourth-order valence-corrected chi connectivity index (χ4v) is 2.11. The Hall–Kier alpha value is -1.63. The van der Waals surface area contributed by atoms with Crippen molar-refractivity contribution in [1.82, 2.24) is 5.32 Å². The highest BCUT2D eigenvalue weighted by atomic mass is 32.2. The molecule has 0 heterocycles. The molecule has 1 aromatic carbocycles. The monoisotopic (exact) mass is 286 g/mol. The molecule has 0 saturated heterocycles. The Morgan fingerprint density at radius 1 is 1.58 bits per heavy atom. The average Bonchev–Trinajstić information content (AvgIpc) is 2.35. The summed E-state index contributed by atoms with van der Waals surface area (Å²) in [6, 6.07) is 3.08. The molecule has 104 valence electrons. The van der Waals surface area contributed by atoms with Gasteiger partial charge in [-0.15, -0.1) is 0 Å². The van der Waals surface area contributed by atoms with Crippen LogP contribution in [0.5, 0.6) is 0 Å². The molecule has 0 fully saturated rings. The van der Waals surface area contributed by atoms with Crippen LogP contribution in [0.25, 0.3) is 0 Å². The first-order valence-electron chi connectivity index (χ1n) is 5.78. The topological polar surface area (TPSA) is 72.2 Å². The molecule has 1 rings (SSSR count). The van der Waals surface area contributed by atoms with E-state index < -0.39 is 22.3 Å². The molecule has 0 bridgehead atoms. The number of hydrogen-bond acceptors (Lipinski definition) is 4. The molecule has 0 aliphatic carbocycles. The summed E-state index contributed by atoms with van der Waals surface area (Å²) in [7, 11) is 0. The molecular weight excluding hydrogens is 271 g/mol. The second kappa shape index (κ2) is 7.08. The summed E-state index contributed by atoms with van der Waals surface area (Å²) in [5.74, 6) is 0.274. The number of carbonyl (C=O) groups excluding carboxylic acids is 1. The number of nitrogens with zero attached hydrogens (tertiary/aromatic N) is 1. The number of carbonyl (C=O) groups is 1. The zero-order chi connectivity index (χ0) is 14.4. The molecule has 19 heavy (non-hydrogen) atoms. The predicted molar refractivity (Wildman–Crippen MR) is 73.0 cm³/mol. The highest BCUT2D eigenvalue weighted by Gasteiger charge is 2.17. The number of amides is 1. The molecule has 1 N–H and O–H groups in total. The number of nitro benzene ring substituents is 1. The van der Waals surface area contributed by atoms with Crippen LogP contribution < -0.4 is 5.32 Å². The standard InChI is InChI=1S/C12H15FN2O3S/c1-3-19-7-8(2)14-12(16)9-4-5-11(15(17)18)10(13)6-9/h4-6,8H,3,7H2,1-2H3,(H,14,16). The average molecular weight is 286 g/mol. The van der Waals surface area contributed by atoms with Gasteiger partial charge in [0.05, 0.1) is 4.92 Å². The second-order valence-electron chi connectivity index (χ2n) is 3.96. The van der Waals surface area contributed by atoms with Gasteiger partial charge in [-0.2, -0.15) is 16.2 Å². The van der Waals surface area contributed by atoms with E-state index in [-0.39, 0.29) is 11.6 Å². The maximum absolute atomic E-state index is 13.4. The lowest BCUT2D eigenvalue weighted by Gasteiger charge is -2.13. The summed E-state index contributed by atoms with van der Waals surface area (Å²) in [5.41, 5.74) is -0.553. The smallest absolute Gasteiger partial charge is 0.304 e. The van der Waals surface area contributed by atoms with Gasteiger partial charge in [-0.25, -0.2) is 0 Å². The Morgan fingerprint density at radius 2 is 2.26 bits per heavy atom. The molecule has 1 atom stereocenters. The van der Waals surface area contributed by atoms with Crippen LogP contribution >= 0.6 is 11.8 Å². The first-order valence-corrected chi connectivity index (χ1v) is 6.93. The SMILES string of the molecule is CCSCC(C)NC(=O)c1ccc([N+](=O)[O-])c(F)c1. The number of halogens is 1. The van der Waals surface area contributed by atoms with Crippen molar-refractivity contribution in [2.75, 3.05) is 11.5 Å². The highest BCUT2D eigenvalue weighted by molar-refractivity contribution is 7.99. The lowest BCUT2D eigenvalue weighted by molar-refractivity contribution is -0.387. The van der Waals surface area contributed by atoms with Gasteiger partial charge in [0.2, 0.25) is 5.82 Å². The van der Waals surface area contributed by atoms with Gasteiger partial charge in [0.15, 0.2) is 0 Å². The van der Waals surface area contributed by atoms with Crippen molar-refractivity contribution >= 4 is 23.4 Å². The van der Waals surface area contributed by atoms with Crippen LogP contribution in [0, 0.1) is 15.9 Å². The van der Waals surface area contributed by atoms with Crippen LogP contribution in [0.1, 0.15) is 24.2 Å². The molecule has 0 aliphatic rings. The van der Waals surface area contributed by atoms with E-state index in [1.165, 1.54) is 6.07 Å². The summed E-state index contributed by atoms with van der Waals surface area (Å²) in [6.45, 7) is 3.87. The van der Waals surface area contributed by atoms with Gasteiger partial charge in [0.1, 0.15) is 0 Å². The van der Waals surface area contributed by atoms with Crippen molar-refractivity contribution < 1.29 is 14.1 Å². The summed E-state index contributed by atoms with van der Waals surface area (Å²) in [4.78, 5) is 21.4. The second-order valence-corrected chi connectivity index (χ2v) is 5.28. The van der Waals surface area contributed by atoms with Gasteiger partial charge in [-0.1, -0.05) is 6.92 Å². The molecule has 0 aliphatic heterocycles. The minimum absolute atomic E-state index is 0.0456. The van der Waals surface area contributed by atoms with E-state index >= 15 is 0 Å². The zero-order valence-electron chi connectivity index (χ0n) is 10.7. The highest BCUT2D eigenvalue weighted by Crippen LogP contribution is 2.18. The Bertz CT molecular complexity index is 482. The minimum Gasteiger partial charge on any atom is -0.349 e. The number of hydrogen-bond donors (Lipinski definition) is 1. The van der Waals surface area contributed by atoms with Crippen molar-refractivity contribution in [1.29, 1.82) is 0 Å². The molecule has 0 aromatic heterocycles. The van der Waals surface area contributed by atoms with Crippen LogP contribution in [-0.4, -0.2) is 28.4 Å². The number of thioether (sulfide) groups is 1. The third kappa shape index (κ3) is 4.51. The summed E-state index contributed by atoms with van der Waals surface area (Å²) in [5, 5.41) is 13.2. The molecule has 0 saturated carbocycles. The third-order valence-electron chi connectivity index (χ3n) is 2.36. The summed E-state index contributed by atoms with van der Waals surface area (Å²) < 4.78 is 13.4. The van der Waals surface area contributed by atoms with E-state index in [2.05, 4.69) is 5.32 Å². The Kier molecular flexibility index (Phi) is 5.75. The summed E-state index contributed by atoms with van der Waals surface area (Å²) in [6.07, 6.45) is 0. The number of nitro groups is 1. The maximum Gasteiger partial charge on any atom is 0.304 e. The van der Waals surface area contributed by atoms with Crippen molar-refractivity contribution in [2.24, 2.45) is 0 Å². The third-order valence-corrected chi connectivity index (χ3v) is 3.50. The van der Waals surface area contributed by atoms with Gasteiger partial charge in [0.25, 0.3) is 5.91 Å². The van der Waals surface area contributed by atoms with Gasteiger partial charge in [-0.3, -0.25) is 14.9 Å². The first-order chi connectivity index (χ1) is 8.95. The van der Waals surface area contributed by atoms with E-state index in [0.29, 0.717) is 0 Å². The van der Waals surface area contributed by atoms with Crippen molar-refractivity contribution in [3.05, 3.63) is 39.7 Å². The largest absolute Gasteiger partial charge is 0.349 e. The fourth-order valence-electron chi connectivity index (χ4n) is 1.44. The van der Waals surface area contributed by atoms with Crippen LogP contribution in [0.4, 0.5) is 10.1 Å². The lowest BCUT2D eigenvalue weighted by Crippen LogP contribution is -2.34. The van der Waals surface area contributed by atoms with Crippen molar-refractivity contribution in [3.8, 4) is 0 Å². The molecule has 0 radical (unpaired) electrons. The molecule has 1 unspecified atom stereocenters. The maximum atomic E-state index is 13.4. The van der Waals surface area contributed by atoms with Crippen LogP contribution in [-0.2, 0) is 0 Å². The lowest BCUT2D eigenvalue weighted by atomic mass is 10.2. The molecule has 7 heteroatoms. The van der Waals surface area contributed by atoms with Crippen LogP contribution in [0.15, 0.2) is 18.2 Å². The molecule has 1 aromatic rings. The first kappa shape index (κ1) is 15.4. The minimum atomic E-state index is -1.01. The number of benzene rings is 1. The number of nitrogens with one attached hydrogen (secondary N) is 1. The van der Waals surface area contributed by atoms with E-state index in [1.54, 1.807) is 11.8 Å². The Morgan fingerprint density at radius 3 is 2.79 bits per heavy atom. The zero-order valence-corrected chi connectivity index (χ0v) is 11.5. The quantitative estimate of drug-likeness (QED) is 0.644. The van der Waals surface area contributed by atoms with Gasteiger partial charge in [-0.05, 0) is 24.8 Å². The Labute approximate surface area is 114 Å². The van der Waals surface area contributed by atoms with E-state index in [1.807, 2.05) is 13.8 Å². The fraction of sp³-hybridized carbons (Fsp3) is 0.417. The molecular formula is C12H15FN2O3S. The van der Waals surface area contributed by atoms with Crippen LogP contribution in [0.3, 0.4) is 0 Å². The van der Waals surface area contributed by atoms with E-state index in [4.69, 9.17) is 0 Å². The van der Waals surface area contributed by atoms with Gasteiger partial charge >= 0.3 is 5.69 Å². The normalized spacial score (nSPS) is 11.9. The Balaban J connectivity index is 2.72. The van der Waals surface area contributed by atoms with Gasteiger partial charge in [0, 0.05) is 23.4 Å². The van der Waals surface area contributed by atoms with Crippen molar-refractivity contribution in [2.45, 2.75) is 19.9 Å². The molecule has 5 nitrogen and oxygen atoms in total.